The van der Waals surface area contributed by atoms with Crippen molar-refractivity contribution in [3.05, 3.63) is 46.5 Å². The third-order valence-corrected chi connectivity index (χ3v) is 2.82. The second-order valence-electron chi connectivity index (χ2n) is 3.73. The predicted octanol–water partition coefficient (Wildman–Crippen LogP) is 2.38. The van der Waals surface area contributed by atoms with E-state index in [0.29, 0.717) is 11.4 Å². The van der Waals surface area contributed by atoms with Crippen LogP contribution in [0.15, 0.2) is 35.2 Å². The average Bonchev–Trinajstić information content (AvgIpc) is 2.34. The molecule has 6 heteroatoms. The maximum atomic E-state index is 11.9. The van der Waals surface area contributed by atoms with E-state index >= 15 is 0 Å². The van der Waals surface area contributed by atoms with Crippen LogP contribution in [-0.2, 0) is 0 Å². The average molecular weight is 307 g/mol. The molecule has 0 spiro atoms. The van der Waals surface area contributed by atoms with E-state index in [-0.39, 0.29) is 11.6 Å². The minimum atomic E-state index is -0.333. The van der Waals surface area contributed by atoms with Gasteiger partial charge in [0.25, 0.3) is 5.91 Å². The maximum Gasteiger partial charge on any atom is 0.275 e. The summed E-state index contributed by atoms with van der Waals surface area (Å²) in [5.41, 5.74) is 8.08. The van der Waals surface area contributed by atoms with E-state index in [9.17, 15) is 4.79 Å². The Bertz CT molecular complexity index is 563. The highest BCUT2D eigenvalue weighted by Gasteiger charge is 2.11. The van der Waals surface area contributed by atoms with Gasteiger partial charge in [-0.2, -0.15) is 0 Å². The Hall–Kier alpha value is -1.95. The van der Waals surface area contributed by atoms with Gasteiger partial charge in [-0.15, -0.1) is 0 Å². The number of aryl methyl sites for hydroxylation is 1. The summed E-state index contributed by atoms with van der Waals surface area (Å²) >= 11 is 3.34. The van der Waals surface area contributed by atoms with Gasteiger partial charge in [-0.05, 0) is 24.6 Å². The first-order valence-corrected chi connectivity index (χ1v) is 6.00. The van der Waals surface area contributed by atoms with Gasteiger partial charge in [0, 0.05) is 16.9 Å². The number of hydrogen-bond acceptors (Lipinski definition) is 4. The van der Waals surface area contributed by atoms with Crippen LogP contribution in [0.2, 0.25) is 0 Å². The van der Waals surface area contributed by atoms with Gasteiger partial charge in [0.2, 0.25) is 0 Å². The van der Waals surface area contributed by atoms with Crippen molar-refractivity contribution < 1.29 is 4.79 Å². The van der Waals surface area contributed by atoms with Crippen LogP contribution in [0.5, 0.6) is 0 Å². The second-order valence-corrected chi connectivity index (χ2v) is 4.65. The lowest BCUT2D eigenvalue weighted by Crippen LogP contribution is -2.15. The summed E-state index contributed by atoms with van der Waals surface area (Å²) in [5.74, 6) is -0.333. The summed E-state index contributed by atoms with van der Waals surface area (Å²) in [7, 11) is 0. The van der Waals surface area contributed by atoms with E-state index in [0.717, 1.165) is 10.0 Å². The summed E-state index contributed by atoms with van der Waals surface area (Å²) in [6, 6.07) is 3.61. The molecule has 0 saturated heterocycles. The second kappa shape index (κ2) is 5.14. The first kappa shape index (κ1) is 12.5. The molecule has 3 N–H and O–H groups in total. The lowest BCUT2D eigenvalue weighted by molar-refractivity contribution is 0.102. The van der Waals surface area contributed by atoms with Crippen molar-refractivity contribution >= 4 is 33.2 Å². The number of aromatic nitrogens is 2. The SMILES string of the molecule is Cc1cc(Br)cc(N)c1NC(=O)c1cnccn1. The van der Waals surface area contributed by atoms with Crippen LogP contribution < -0.4 is 11.1 Å². The number of rotatable bonds is 2. The largest absolute Gasteiger partial charge is 0.397 e. The Labute approximate surface area is 113 Å². The van der Waals surface area contributed by atoms with Gasteiger partial charge in [-0.3, -0.25) is 9.78 Å². The van der Waals surface area contributed by atoms with Crippen molar-refractivity contribution in [1.82, 2.24) is 9.97 Å². The molecule has 1 aromatic carbocycles. The molecule has 0 radical (unpaired) electrons. The Morgan fingerprint density at radius 3 is 2.78 bits per heavy atom. The highest BCUT2D eigenvalue weighted by molar-refractivity contribution is 9.10. The fourth-order valence-corrected chi connectivity index (χ4v) is 2.12. The number of anilines is 2. The summed E-state index contributed by atoms with van der Waals surface area (Å²) in [5, 5.41) is 2.73. The highest BCUT2D eigenvalue weighted by atomic mass is 79.9. The van der Waals surface area contributed by atoms with Gasteiger partial charge in [-0.25, -0.2) is 4.98 Å². The number of hydrogen-bond donors (Lipinski definition) is 2. The van der Waals surface area contributed by atoms with E-state index in [2.05, 4.69) is 31.2 Å². The van der Waals surface area contributed by atoms with Gasteiger partial charge in [0.1, 0.15) is 5.69 Å². The molecule has 0 saturated carbocycles. The molecular formula is C12H11BrN4O. The molecule has 1 heterocycles. The molecular weight excluding hydrogens is 296 g/mol. The Balaban J connectivity index is 2.28. The molecule has 0 fully saturated rings. The zero-order valence-electron chi connectivity index (χ0n) is 9.64. The van der Waals surface area contributed by atoms with E-state index in [1.165, 1.54) is 18.6 Å². The van der Waals surface area contributed by atoms with Crippen molar-refractivity contribution in [3.63, 3.8) is 0 Å². The molecule has 0 aliphatic carbocycles. The summed E-state index contributed by atoms with van der Waals surface area (Å²) in [6.07, 6.45) is 4.38. The standard InChI is InChI=1S/C12H11BrN4O/c1-7-4-8(13)5-9(14)11(7)17-12(18)10-6-15-2-3-16-10/h2-6H,14H2,1H3,(H,17,18). The summed E-state index contributed by atoms with van der Waals surface area (Å²) < 4.78 is 0.870. The van der Waals surface area contributed by atoms with Crippen molar-refractivity contribution in [2.75, 3.05) is 11.1 Å². The first-order chi connectivity index (χ1) is 8.58. The molecule has 0 aliphatic heterocycles. The quantitative estimate of drug-likeness (QED) is 0.835. The molecule has 0 bridgehead atoms. The summed E-state index contributed by atoms with van der Waals surface area (Å²) in [4.78, 5) is 19.7. The zero-order chi connectivity index (χ0) is 13.1. The van der Waals surface area contributed by atoms with Gasteiger partial charge in [0.05, 0.1) is 17.6 Å². The molecule has 2 aromatic rings. The smallest absolute Gasteiger partial charge is 0.275 e. The Morgan fingerprint density at radius 2 is 2.17 bits per heavy atom. The lowest BCUT2D eigenvalue weighted by atomic mass is 10.1. The number of halogens is 1. The Morgan fingerprint density at radius 1 is 1.39 bits per heavy atom. The lowest BCUT2D eigenvalue weighted by Gasteiger charge is -2.11. The number of amides is 1. The minimum absolute atomic E-state index is 0.249. The molecule has 92 valence electrons. The van der Waals surface area contributed by atoms with Gasteiger partial charge in [-0.1, -0.05) is 15.9 Å². The predicted molar refractivity (Wildman–Crippen MR) is 73.3 cm³/mol. The zero-order valence-corrected chi connectivity index (χ0v) is 11.2. The fraction of sp³-hybridized carbons (Fsp3) is 0.0833. The maximum absolute atomic E-state index is 11.9. The van der Waals surface area contributed by atoms with Crippen LogP contribution in [0.25, 0.3) is 0 Å². The molecule has 0 unspecified atom stereocenters. The summed E-state index contributed by atoms with van der Waals surface area (Å²) in [6.45, 7) is 1.87. The van der Waals surface area contributed by atoms with Gasteiger partial charge < -0.3 is 11.1 Å². The van der Waals surface area contributed by atoms with Crippen molar-refractivity contribution in [3.8, 4) is 0 Å². The van der Waals surface area contributed by atoms with Gasteiger partial charge >= 0.3 is 0 Å². The molecule has 2 rings (SSSR count). The number of nitrogens with two attached hydrogens (primary N) is 1. The number of carbonyl (C=O) groups excluding carboxylic acids is 1. The number of benzene rings is 1. The normalized spacial score (nSPS) is 10.1. The molecule has 18 heavy (non-hydrogen) atoms. The van der Waals surface area contributed by atoms with Crippen LogP contribution in [0.4, 0.5) is 11.4 Å². The van der Waals surface area contributed by atoms with Crippen LogP contribution in [0.3, 0.4) is 0 Å². The third kappa shape index (κ3) is 2.65. The molecule has 0 aliphatic rings. The van der Waals surface area contributed by atoms with Crippen molar-refractivity contribution in [2.45, 2.75) is 6.92 Å². The monoisotopic (exact) mass is 306 g/mol. The number of nitrogens with zero attached hydrogens (tertiary/aromatic N) is 2. The number of nitrogen functional groups attached to an aromatic ring is 1. The van der Waals surface area contributed by atoms with Crippen LogP contribution in [0.1, 0.15) is 16.1 Å². The van der Waals surface area contributed by atoms with Crippen molar-refractivity contribution in [2.24, 2.45) is 0 Å². The topological polar surface area (TPSA) is 80.9 Å². The molecule has 1 aromatic heterocycles. The number of carbonyl (C=O) groups is 1. The minimum Gasteiger partial charge on any atom is -0.397 e. The van der Waals surface area contributed by atoms with E-state index in [4.69, 9.17) is 5.73 Å². The molecule has 5 nitrogen and oxygen atoms in total. The van der Waals surface area contributed by atoms with E-state index in [1.54, 1.807) is 6.07 Å². The molecule has 1 amide bonds. The Kier molecular flexibility index (Phi) is 3.57. The van der Waals surface area contributed by atoms with Gasteiger partial charge in [0.15, 0.2) is 0 Å². The van der Waals surface area contributed by atoms with Crippen LogP contribution >= 0.6 is 15.9 Å². The first-order valence-electron chi connectivity index (χ1n) is 5.21. The number of nitrogens with one attached hydrogen (secondary N) is 1. The van der Waals surface area contributed by atoms with Crippen LogP contribution in [0, 0.1) is 6.92 Å². The van der Waals surface area contributed by atoms with E-state index < -0.39 is 0 Å². The third-order valence-electron chi connectivity index (χ3n) is 2.37. The van der Waals surface area contributed by atoms with Crippen LogP contribution in [-0.4, -0.2) is 15.9 Å². The van der Waals surface area contributed by atoms with E-state index in [1.807, 2.05) is 13.0 Å². The highest BCUT2D eigenvalue weighted by Crippen LogP contribution is 2.27. The van der Waals surface area contributed by atoms with Crippen molar-refractivity contribution in [1.29, 1.82) is 0 Å². The fourth-order valence-electron chi connectivity index (χ4n) is 1.53. The molecule has 0 atom stereocenters.